The zero-order chi connectivity index (χ0) is 27.5. The third kappa shape index (κ3) is 3.69. The lowest BCUT2D eigenvalue weighted by molar-refractivity contribution is 0.516. The minimum Gasteiger partial charge on any atom is -0.401 e. The lowest BCUT2D eigenvalue weighted by Gasteiger charge is -2.07. The topological polar surface area (TPSA) is 118 Å². The molecule has 8 rings (SSSR count). The normalized spacial score (nSPS) is 11.7. The number of fused-ring (bicyclic) bond motifs is 4. The predicted octanol–water partition coefficient (Wildman–Crippen LogP) is 6.58. The number of H-pyrrole nitrogens is 2. The minimum atomic E-state index is -0.454. The van der Waals surface area contributed by atoms with Crippen LogP contribution in [0.1, 0.15) is 11.1 Å². The summed E-state index contributed by atoms with van der Waals surface area (Å²) < 4.78 is 11.5. The van der Waals surface area contributed by atoms with Gasteiger partial charge < -0.3 is 18.8 Å². The van der Waals surface area contributed by atoms with Gasteiger partial charge in [0.2, 0.25) is 11.8 Å². The molecule has 4 aromatic carbocycles. The second kappa shape index (κ2) is 8.89. The highest BCUT2D eigenvalue weighted by atomic mass is 16.4. The molecule has 8 nitrogen and oxygen atoms in total. The quantitative estimate of drug-likeness (QED) is 0.262. The summed E-state index contributed by atoms with van der Waals surface area (Å²) in [7, 11) is 0. The van der Waals surface area contributed by atoms with Crippen LogP contribution in [0, 0.1) is 0 Å². The molecule has 0 amide bonds. The van der Waals surface area contributed by atoms with Crippen molar-refractivity contribution >= 4 is 43.6 Å². The van der Waals surface area contributed by atoms with Crippen LogP contribution >= 0.6 is 0 Å². The Morgan fingerprint density at radius 2 is 0.902 bits per heavy atom. The van der Waals surface area contributed by atoms with Gasteiger partial charge in [0.05, 0.1) is 21.8 Å². The average Bonchev–Trinajstić information content (AvgIpc) is 3.56. The molecular formula is C33H20N4O4. The molecule has 0 spiro atoms. The van der Waals surface area contributed by atoms with Gasteiger partial charge in [-0.1, -0.05) is 60.7 Å². The molecule has 0 saturated heterocycles. The maximum atomic E-state index is 12.9. The van der Waals surface area contributed by atoms with Crippen molar-refractivity contribution in [3.8, 4) is 23.2 Å². The molecule has 8 heteroatoms. The highest BCUT2D eigenvalue weighted by molar-refractivity contribution is 5.94. The summed E-state index contributed by atoms with van der Waals surface area (Å²) in [6.45, 7) is 0. The van der Waals surface area contributed by atoms with Crippen molar-refractivity contribution < 1.29 is 8.83 Å². The first-order valence-corrected chi connectivity index (χ1v) is 13.1. The van der Waals surface area contributed by atoms with Gasteiger partial charge in [-0.25, -0.2) is 19.6 Å². The van der Waals surface area contributed by atoms with E-state index < -0.39 is 11.3 Å². The molecule has 4 aromatic heterocycles. The molecule has 0 aliphatic carbocycles. The van der Waals surface area contributed by atoms with Gasteiger partial charge in [-0.3, -0.25) is 0 Å². The van der Waals surface area contributed by atoms with Gasteiger partial charge in [0, 0.05) is 28.2 Å². The average molecular weight is 537 g/mol. The Bertz CT molecular complexity index is 2240. The lowest BCUT2D eigenvalue weighted by atomic mass is 9.98. The molecule has 4 heterocycles. The zero-order valence-corrected chi connectivity index (χ0v) is 21.5. The fraction of sp³-hybridized carbons (Fsp3) is 0.0303. The molecule has 0 fully saturated rings. The van der Waals surface area contributed by atoms with E-state index in [-0.39, 0.29) is 11.8 Å². The first kappa shape index (κ1) is 23.2. The van der Waals surface area contributed by atoms with E-state index in [9.17, 15) is 9.59 Å². The number of hydrogen-bond donors (Lipinski definition) is 2. The Hall–Kier alpha value is -5.76. The molecule has 0 aliphatic heterocycles. The van der Waals surface area contributed by atoms with Crippen molar-refractivity contribution in [3.63, 3.8) is 0 Å². The van der Waals surface area contributed by atoms with Gasteiger partial charge in [-0.15, -0.1) is 0 Å². The Labute approximate surface area is 230 Å². The largest absolute Gasteiger partial charge is 0.401 e. The fourth-order valence-electron chi connectivity index (χ4n) is 5.56. The summed E-state index contributed by atoms with van der Waals surface area (Å²) in [5.74, 6) is 0.410. The predicted molar refractivity (Wildman–Crippen MR) is 158 cm³/mol. The molecule has 0 unspecified atom stereocenters. The molecule has 2 N–H and O–H groups in total. The molecular weight excluding hydrogens is 516 g/mol. The summed E-state index contributed by atoms with van der Waals surface area (Å²) >= 11 is 0. The molecule has 0 aliphatic rings. The summed E-state index contributed by atoms with van der Waals surface area (Å²) in [5, 5.41) is 2.77. The van der Waals surface area contributed by atoms with Gasteiger partial charge in [-0.2, -0.15) is 0 Å². The van der Waals surface area contributed by atoms with Crippen LogP contribution in [0.4, 0.5) is 0 Å². The van der Waals surface area contributed by atoms with Crippen molar-refractivity contribution in [3.05, 3.63) is 129 Å². The molecule has 0 bridgehead atoms. The number of aromatic nitrogens is 4. The van der Waals surface area contributed by atoms with E-state index in [0.717, 1.165) is 32.9 Å². The zero-order valence-electron chi connectivity index (χ0n) is 21.5. The molecule has 8 aromatic rings. The summed E-state index contributed by atoms with van der Waals surface area (Å²) in [6.07, 6.45) is 0.412. The van der Waals surface area contributed by atoms with Crippen LogP contribution in [0.5, 0.6) is 0 Å². The lowest BCUT2D eigenvalue weighted by Crippen LogP contribution is -2.05. The third-order valence-corrected chi connectivity index (χ3v) is 7.48. The van der Waals surface area contributed by atoms with Gasteiger partial charge in [0.25, 0.3) is 0 Å². The number of rotatable bonds is 4. The number of hydrogen-bond acceptors (Lipinski definition) is 6. The first-order chi connectivity index (χ1) is 20.1. The summed E-state index contributed by atoms with van der Waals surface area (Å²) in [4.78, 5) is 42.1. The van der Waals surface area contributed by atoms with E-state index in [2.05, 4.69) is 9.97 Å². The van der Waals surface area contributed by atoms with E-state index in [1.807, 2.05) is 60.7 Å². The highest BCUT2D eigenvalue weighted by Crippen LogP contribution is 2.37. The summed E-state index contributed by atoms with van der Waals surface area (Å²) in [5.41, 5.74) is 4.96. The molecule has 0 radical (unpaired) electrons. The summed E-state index contributed by atoms with van der Waals surface area (Å²) in [6, 6.07) is 30.1. The maximum Gasteiger partial charge on any atom is 0.347 e. The van der Waals surface area contributed by atoms with E-state index in [4.69, 9.17) is 18.8 Å². The van der Waals surface area contributed by atoms with Gasteiger partial charge >= 0.3 is 11.3 Å². The van der Waals surface area contributed by atoms with Crippen molar-refractivity contribution in [2.75, 3.05) is 0 Å². The van der Waals surface area contributed by atoms with Crippen molar-refractivity contribution in [1.29, 1.82) is 0 Å². The monoisotopic (exact) mass is 536 g/mol. The second-order valence-electron chi connectivity index (χ2n) is 9.87. The SMILES string of the molecule is O=c1oc(-c2[nH]c3ccccc3c2Cc2c(-c3nc4ccccc4c(=O)o3)[nH]c3ccccc23)nc2ccccc12. The van der Waals surface area contributed by atoms with E-state index in [0.29, 0.717) is 39.6 Å². The smallest absolute Gasteiger partial charge is 0.347 e. The first-order valence-electron chi connectivity index (χ1n) is 13.1. The van der Waals surface area contributed by atoms with E-state index in [1.54, 1.807) is 36.4 Å². The van der Waals surface area contributed by atoms with Crippen LogP contribution in [0.2, 0.25) is 0 Å². The second-order valence-corrected chi connectivity index (χ2v) is 9.87. The van der Waals surface area contributed by atoms with E-state index in [1.165, 1.54) is 0 Å². The van der Waals surface area contributed by atoms with Crippen LogP contribution in [0.15, 0.2) is 115 Å². The number of nitrogens with one attached hydrogen (secondary N) is 2. The van der Waals surface area contributed by atoms with Gasteiger partial charge in [-0.05, 0) is 47.5 Å². The van der Waals surface area contributed by atoms with Crippen molar-refractivity contribution in [2.24, 2.45) is 0 Å². The Morgan fingerprint density at radius 1 is 0.512 bits per heavy atom. The van der Waals surface area contributed by atoms with Crippen molar-refractivity contribution in [1.82, 2.24) is 19.9 Å². The Kier molecular flexibility index (Phi) is 5.02. The van der Waals surface area contributed by atoms with Gasteiger partial charge in [0.15, 0.2) is 0 Å². The van der Waals surface area contributed by atoms with Crippen LogP contribution in [-0.2, 0) is 6.42 Å². The number of aromatic amines is 2. The third-order valence-electron chi connectivity index (χ3n) is 7.48. The fourth-order valence-corrected chi connectivity index (χ4v) is 5.56. The maximum absolute atomic E-state index is 12.9. The van der Waals surface area contributed by atoms with Crippen LogP contribution in [-0.4, -0.2) is 19.9 Å². The number of benzene rings is 4. The van der Waals surface area contributed by atoms with Crippen LogP contribution in [0.25, 0.3) is 66.8 Å². The number of nitrogens with zero attached hydrogens (tertiary/aromatic N) is 2. The Balaban J connectivity index is 1.38. The van der Waals surface area contributed by atoms with Crippen LogP contribution < -0.4 is 11.3 Å². The molecule has 41 heavy (non-hydrogen) atoms. The molecule has 0 saturated carbocycles. The van der Waals surface area contributed by atoms with Crippen molar-refractivity contribution in [2.45, 2.75) is 6.42 Å². The van der Waals surface area contributed by atoms with Gasteiger partial charge in [0.1, 0.15) is 11.4 Å². The van der Waals surface area contributed by atoms with Crippen LogP contribution in [0.3, 0.4) is 0 Å². The number of para-hydroxylation sites is 4. The molecule has 196 valence electrons. The molecule has 0 atom stereocenters. The Morgan fingerprint density at radius 3 is 1.37 bits per heavy atom. The highest BCUT2D eigenvalue weighted by Gasteiger charge is 2.23. The standard InChI is InChI=1S/C33H20N4O4/c38-32-20-11-3-7-15-26(20)36-30(40-32)28-22(18-9-1-5-13-24(18)34-28)17-23-19-10-2-6-14-25(19)35-29(23)31-37-27-16-8-4-12-21(27)33(39)41-31/h1-16,34-35H,17H2. The minimum absolute atomic E-state index is 0.205. The van der Waals surface area contributed by atoms with E-state index >= 15 is 0 Å².